The number of ether oxygens (including phenoxy) is 1. The minimum atomic E-state index is 0.0302. The Kier molecular flexibility index (Phi) is 4.67. The lowest BCUT2D eigenvalue weighted by molar-refractivity contribution is -0.0246. The van der Waals surface area contributed by atoms with Gasteiger partial charge in [0.2, 0.25) is 0 Å². The zero-order valence-electron chi connectivity index (χ0n) is 14.7. The lowest BCUT2D eigenvalue weighted by Gasteiger charge is -2.33. The monoisotopic (exact) mass is 351 g/mol. The lowest BCUT2D eigenvalue weighted by Crippen LogP contribution is -2.45. The highest BCUT2D eigenvalue weighted by Crippen LogP contribution is 2.22. The third-order valence-corrected chi connectivity index (χ3v) is 4.68. The number of morpholine rings is 1. The van der Waals surface area contributed by atoms with E-state index in [0.29, 0.717) is 25.3 Å². The summed E-state index contributed by atoms with van der Waals surface area (Å²) in [5.41, 5.74) is 2.49. The molecule has 0 bridgehead atoms. The van der Waals surface area contributed by atoms with Crippen LogP contribution in [0.4, 0.5) is 0 Å². The molecule has 6 nitrogen and oxygen atoms in total. The molecule has 6 heteroatoms. The molecule has 134 valence electrons. The van der Waals surface area contributed by atoms with Crippen LogP contribution in [0.3, 0.4) is 0 Å². The fourth-order valence-electron chi connectivity index (χ4n) is 3.34. The molecule has 0 N–H and O–H groups in total. The van der Waals surface area contributed by atoms with E-state index in [2.05, 4.69) is 9.97 Å². The van der Waals surface area contributed by atoms with Crippen LogP contribution in [0, 0.1) is 6.92 Å². The maximum absolute atomic E-state index is 12.9. The standard InChI is InChI=1S/C20H21N3O3/c1-14-10-16-11-15(2-5-19(16)26-14)20(24)23-8-9-25-18(12-23)4-3-17-6-7-21-13-22-17/h2,5-7,10-11,13,18H,3-4,8-9,12H2,1H3/t18-/m1/s1. The highest BCUT2D eigenvalue weighted by molar-refractivity contribution is 5.97. The highest BCUT2D eigenvalue weighted by Gasteiger charge is 2.25. The second-order valence-corrected chi connectivity index (χ2v) is 6.59. The molecule has 0 spiro atoms. The Labute approximate surface area is 151 Å². The largest absolute Gasteiger partial charge is 0.461 e. The molecule has 1 aliphatic rings. The van der Waals surface area contributed by atoms with E-state index < -0.39 is 0 Å². The molecule has 3 aromatic rings. The van der Waals surface area contributed by atoms with Gasteiger partial charge in [0.25, 0.3) is 5.91 Å². The number of nitrogens with zero attached hydrogens (tertiary/aromatic N) is 3. The lowest BCUT2D eigenvalue weighted by atomic mass is 10.1. The van der Waals surface area contributed by atoms with Gasteiger partial charge in [-0.1, -0.05) is 0 Å². The number of carbonyl (C=O) groups is 1. The van der Waals surface area contributed by atoms with Crippen LogP contribution in [0.5, 0.6) is 0 Å². The number of aromatic nitrogens is 2. The van der Waals surface area contributed by atoms with Gasteiger partial charge >= 0.3 is 0 Å². The second-order valence-electron chi connectivity index (χ2n) is 6.59. The van der Waals surface area contributed by atoms with E-state index in [-0.39, 0.29) is 12.0 Å². The molecular formula is C20H21N3O3. The molecule has 1 aliphatic heterocycles. The normalized spacial score (nSPS) is 17.6. The van der Waals surface area contributed by atoms with Gasteiger partial charge in [0.1, 0.15) is 17.7 Å². The number of amides is 1. The zero-order chi connectivity index (χ0) is 17.9. The smallest absolute Gasteiger partial charge is 0.254 e. The predicted molar refractivity (Wildman–Crippen MR) is 96.9 cm³/mol. The van der Waals surface area contributed by atoms with Gasteiger partial charge in [0.05, 0.1) is 12.7 Å². The second kappa shape index (κ2) is 7.25. The Bertz CT molecular complexity index is 907. The molecule has 1 atom stereocenters. The average Bonchev–Trinajstić information content (AvgIpc) is 3.06. The van der Waals surface area contributed by atoms with E-state index >= 15 is 0 Å². The van der Waals surface area contributed by atoms with Crippen molar-refractivity contribution < 1.29 is 13.9 Å². The van der Waals surface area contributed by atoms with Crippen LogP contribution in [0.15, 0.2) is 47.3 Å². The number of hydrogen-bond donors (Lipinski definition) is 0. The van der Waals surface area contributed by atoms with Crippen molar-refractivity contribution >= 4 is 16.9 Å². The van der Waals surface area contributed by atoms with Gasteiger partial charge in [-0.2, -0.15) is 0 Å². The van der Waals surface area contributed by atoms with Crippen molar-refractivity contribution in [3.8, 4) is 0 Å². The molecule has 0 unspecified atom stereocenters. The molecule has 1 fully saturated rings. The van der Waals surface area contributed by atoms with Gasteiger partial charge < -0.3 is 14.1 Å². The Balaban J connectivity index is 1.41. The Morgan fingerprint density at radius 1 is 1.31 bits per heavy atom. The molecule has 0 radical (unpaired) electrons. The van der Waals surface area contributed by atoms with Crippen LogP contribution in [-0.4, -0.2) is 46.6 Å². The van der Waals surface area contributed by atoms with Crippen LogP contribution < -0.4 is 0 Å². The van der Waals surface area contributed by atoms with E-state index in [0.717, 1.165) is 35.3 Å². The molecule has 1 aromatic carbocycles. The predicted octanol–water partition coefficient (Wildman–Crippen LogP) is 3.01. The highest BCUT2D eigenvalue weighted by atomic mass is 16.5. The third kappa shape index (κ3) is 3.60. The van der Waals surface area contributed by atoms with E-state index in [9.17, 15) is 4.79 Å². The molecule has 2 aromatic heterocycles. The van der Waals surface area contributed by atoms with Crippen molar-refractivity contribution in [2.24, 2.45) is 0 Å². The molecule has 0 aliphatic carbocycles. The summed E-state index contributed by atoms with van der Waals surface area (Å²) >= 11 is 0. The van der Waals surface area contributed by atoms with Crippen LogP contribution in [0.1, 0.15) is 28.2 Å². The number of aryl methyl sites for hydroxylation is 2. The van der Waals surface area contributed by atoms with Crippen LogP contribution in [-0.2, 0) is 11.2 Å². The summed E-state index contributed by atoms with van der Waals surface area (Å²) in [5.74, 6) is 0.891. The summed E-state index contributed by atoms with van der Waals surface area (Å²) in [5, 5.41) is 0.960. The van der Waals surface area contributed by atoms with Crippen molar-refractivity contribution in [3.05, 3.63) is 59.9 Å². The van der Waals surface area contributed by atoms with E-state index in [4.69, 9.17) is 9.15 Å². The number of fused-ring (bicyclic) bond motifs is 1. The molecule has 0 saturated carbocycles. The molecule has 26 heavy (non-hydrogen) atoms. The average molecular weight is 351 g/mol. The summed E-state index contributed by atoms with van der Waals surface area (Å²) < 4.78 is 11.4. The summed E-state index contributed by atoms with van der Waals surface area (Å²) in [6.07, 6.45) is 4.98. The minimum Gasteiger partial charge on any atom is -0.461 e. The number of rotatable bonds is 4. The van der Waals surface area contributed by atoms with Crippen molar-refractivity contribution in [2.75, 3.05) is 19.7 Å². The van der Waals surface area contributed by atoms with Crippen LogP contribution >= 0.6 is 0 Å². The number of hydrogen-bond acceptors (Lipinski definition) is 5. The quantitative estimate of drug-likeness (QED) is 0.723. The Morgan fingerprint density at radius 3 is 3.08 bits per heavy atom. The SMILES string of the molecule is Cc1cc2cc(C(=O)N3CCO[C@H](CCc4ccncn4)C3)ccc2o1. The fraction of sp³-hybridized carbons (Fsp3) is 0.350. The summed E-state index contributed by atoms with van der Waals surface area (Å²) in [7, 11) is 0. The Hall–Kier alpha value is -2.73. The molecular weight excluding hydrogens is 330 g/mol. The first kappa shape index (κ1) is 16.7. The first-order chi connectivity index (χ1) is 12.7. The third-order valence-electron chi connectivity index (χ3n) is 4.68. The summed E-state index contributed by atoms with van der Waals surface area (Å²) in [4.78, 5) is 22.9. The maximum Gasteiger partial charge on any atom is 0.254 e. The fourth-order valence-corrected chi connectivity index (χ4v) is 3.34. The van der Waals surface area contributed by atoms with Crippen molar-refractivity contribution in [3.63, 3.8) is 0 Å². The first-order valence-corrected chi connectivity index (χ1v) is 8.85. The van der Waals surface area contributed by atoms with Gasteiger partial charge in [-0.05, 0) is 50.1 Å². The molecule has 1 amide bonds. The van der Waals surface area contributed by atoms with Gasteiger partial charge in [0.15, 0.2) is 0 Å². The summed E-state index contributed by atoms with van der Waals surface area (Å²) in [6, 6.07) is 9.46. The number of carbonyl (C=O) groups excluding carboxylic acids is 1. The van der Waals surface area contributed by atoms with E-state index in [1.54, 1.807) is 12.5 Å². The van der Waals surface area contributed by atoms with E-state index in [1.165, 1.54) is 0 Å². The van der Waals surface area contributed by atoms with Crippen molar-refractivity contribution in [1.82, 2.24) is 14.9 Å². The van der Waals surface area contributed by atoms with Gasteiger partial charge in [-0.15, -0.1) is 0 Å². The topological polar surface area (TPSA) is 68.5 Å². The van der Waals surface area contributed by atoms with Gasteiger partial charge in [-0.25, -0.2) is 9.97 Å². The number of furan rings is 1. The van der Waals surface area contributed by atoms with Gasteiger partial charge in [-0.3, -0.25) is 4.79 Å². The van der Waals surface area contributed by atoms with Gasteiger partial charge in [0, 0.05) is 35.9 Å². The summed E-state index contributed by atoms with van der Waals surface area (Å²) in [6.45, 7) is 3.69. The van der Waals surface area contributed by atoms with Crippen LogP contribution in [0.2, 0.25) is 0 Å². The first-order valence-electron chi connectivity index (χ1n) is 8.85. The van der Waals surface area contributed by atoms with Crippen molar-refractivity contribution in [1.29, 1.82) is 0 Å². The maximum atomic E-state index is 12.9. The molecule has 3 heterocycles. The van der Waals surface area contributed by atoms with Crippen LogP contribution in [0.25, 0.3) is 11.0 Å². The molecule has 4 rings (SSSR count). The Morgan fingerprint density at radius 2 is 2.23 bits per heavy atom. The minimum absolute atomic E-state index is 0.0302. The van der Waals surface area contributed by atoms with Crippen molar-refractivity contribution in [2.45, 2.75) is 25.9 Å². The van der Waals surface area contributed by atoms with E-state index in [1.807, 2.05) is 42.2 Å². The molecule has 1 saturated heterocycles. The zero-order valence-corrected chi connectivity index (χ0v) is 14.7. The number of benzene rings is 1.